The summed E-state index contributed by atoms with van der Waals surface area (Å²) in [5, 5.41) is 10.8. The van der Waals surface area contributed by atoms with Crippen LogP contribution in [0.4, 0.5) is 5.69 Å². The minimum Gasteiger partial charge on any atom is -0.372 e. The molecule has 1 N–H and O–H groups in total. The summed E-state index contributed by atoms with van der Waals surface area (Å²) in [6, 6.07) is 15.6. The molecule has 1 atom stereocenters. The number of benzodiazepines with no additional fused rings is 1. The number of aliphatic hydroxyl groups is 1. The van der Waals surface area contributed by atoms with Crippen LogP contribution in [0.2, 0.25) is 5.02 Å². The van der Waals surface area contributed by atoms with E-state index in [0.29, 0.717) is 11.6 Å². The van der Waals surface area contributed by atoms with Gasteiger partial charge in [-0.1, -0.05) is 41.9 Å². The van der Waals surface area contributed by atoms with Crippen molar-refractivity contribution in [1.29, 1.82) is 0 Å². The maximum atomic E-state index is 10.1. The van der Waals surface area contributed by atoms with Crippen molar-refractivity contribution in [2.45, 2.75) is 6.23 Å². The van der Waals surface area contributed by atoms with Gasteiger partial charge in [0.25, 0.3) is 0 Å². The van der Waals surface area contributed by atoms with E-state index in [4.69, 9.17) is 11.6 Å². The van der Waals surface area contributed by atoms with E-state index in [1.165, 1.54) is 0 Å². The summed E-state index contributed by atoms with van der Waals surface area (Å²) in [6.45, 7) is 0.340. The van der Waals surface area contributed by atoms with Gasteiger partial charge >= 0.3 is 0 Å². The Labute approximate surface area is 135 Å². The minimum atomic E-state index is -0.629. The molecule has 2 aromatic rings. The lowest BCUT2D eigenvalue weighted by Gasteiger charge is -2.24. The van der Waals surface area contributed by atoms with Gasteiger partial charge in [0, 0.05) is 28.9 Å². The summed E-state index contributed by atoms with van der Waals surface area (Å²) in [5.74, 6) is 0. The molecule has 5 heteroatoms. The lowest BCUT2D eigenvalue weighted by molar-refractivity contribution is 0.184. The molecule has 110 valence electrons. The van der Waals surface area contributed by atoms with Gasteiger partial charge < -0.3 is 10.0 Å². The third-order valence-electron chi connectivity index (χ3n) is 3.50. The van der Waals surface area contributed by atoms with Crippen molar-refractivity contribution in [2.24, 2.45) is 4.99 Å². The van der Waals surface area contributed by atoms with Crippen molar-refractivity contribution in [3.63, 3.8) is 0 Å². The predicted octanol–water partition coefficient (Wildman–Crippen LogP) is 3.37. The molecule has 0 aromatic heterocycles. The zero-order valence-electron chi connectivity index (χ0n) is 11.5. The minimum absolute atomic E-state index is 0. The predicted molar refractivity (Wildman–Crippen MR) is 90.1 cm³/mol. The maximum absolute atomic E-state index is 10.1. The first kappa shape index (κ1) is 15.8. The second kappa shape index (κ2) is 6.48. The molecule has 0 amide bonds. The largest absolute Gasteiger partial charge is 0.372 e. The average molecular weight is 323 g/mol. The molecular formula is C16H16Cl2N2O. The molecule has 0 bridgehead atoms. The number of benzene rings is 2. The summed E-state index contributed by atoms with van der Waals surface area (Å²) < 4.78 is 0. The number of aliphatic hydroxyl groups excluding tert-OH is 1. The third-order valence-corrected chi connectivity index (χ3v) is 3.74. The van der Waals surface area contributed by atoms with E-state index in [-0.39, 0.29) is 12.4 Å². The van der Waals surface area contributed by atoms with E-state index >= 15 is 0 Å². The fourth-order valence-corrected chi connectivity index (χ4v) is 2.56. The molecule has 1 unspecified atom stereocenters. The van der Waals surface area contributed by atoms with Crippen LogP contribution < -0.4 is 4.90 Å². The molecule has 3 nitrogen and oxygen atoms in total. The smallest absolute Gasteiger partial charge is 0.146 e. The van der Waals surface area contributed by atoms with Crippen LogP contribution in [0.3, 0.4) is 0 Å². The number of likely N-dealkylation sites (N-methyl/N-ethyl adjacent to an activating group) is 1. The molecule has 2 aromatic carbocycles. The highest BCUT2D eigenvalue weighted by atomic mass is 35.5. The number of halogens is 2. The zero-order valence-corrected chi connectivity index (χ0v) is 13.1. The van der Waals surface area contributed by atoms with E-state index in [0.717, 1.165) is 22.5 Å². The van der Waals surface area contributed by atoms with E-state index in [9.17, 15) is 5.11 Å². The number of fused-ring (bicyclic) bond motifs is 1. The normalized spacial score (nSPS) is 17.4. The topological polar surface area (TPSA) is 35.8 Å². The van der Waals surface area contributed by atoms with Gasteiger partial charge in [0.15, 0.2) is 0 Å². The lowest BCUT2D eigenvalue weighted by Crippen LogP contribution is -2.33. The summed E-state index contributed by atoms with van der Waals surface area (Å²) in [7, 11) is 1.86. The molecule has 0 saturated heterocycles. The van der Waals surface area contributed by atoms with Crippen LogP contribution in [-0.2, 0) is 0 Å². The first-order chi connectivity index (χ1) is 9.66. The highest BCUT2D eigenvalue weighted by molar-refractivity contribution is 6.31. The van der Waals surface area contributed by atoms with Crippen molar-refractivity contribution in [2.75, 3.05) is 18.5 Å². The van der Waals surface area contributed by atoms with Gasteiger partial charge in [0.2, 0.25) is 0 Å². The highest BCUT2D eigenvalue weighted by Gasteiger charge is 2.22. The average Bonchev–Trinajstić information content (AvgIpc) is 2.58. The molecule has 0 aliphatic carbocycles. The molecule has 21 heavy (non-hydrogen) atoms. The molecule has 3 rings (SSSR count). The highest BCUT2D eigenvalue weighted by Crippen LogP contribution is 2.29. The SMILES string of the molecule is CN1c2ccc(Cl)cc2C(c2ccccc2)=NCC1O.Cl. The van der Waals surface area contributed by atoms with Crippen LogP contribution in [0.25, 0.3) is 0 Å². The number of nitrogens with zero attached hydrogens (tertiary/aromatic N) is 2. The van der Waals surface area contributed by atoms with Gasteiger partial charge in [-0.05, 0) is 18.2 Å². The van der Waals surface area contributed by atoms with Crippen LogP contribution in [0.15, 0.2) is 53.5 Å². The standard InChI is InChI=1S/C16H15ClN2O.ClH/c1-19-14-8-7-12(17)9-13(14)16(18-10-15(19)20)11-5-3-2-4-6-11;/h2-9,15,20H,10H2,1H3;1H. The molecule has 1 heterocycles. The fraction of sp³-hybridized carbons (Fsp3) is 0.188. The van der Waals surface area contributed by atoms with Crippen molar-refractivity contribution < 1.29 is 5.11 Å². The Hall–Kier alpha value is -1.55. The summed E-state index contributed by atoms with van der Waals surface area (Å²) in [6.07, 6.45) is -0.629. The van der Waals surface area contributed by atoms with Gasteiger partial charge in [-0.2, -0.15) is 0 Å². The summed E-state index contributed by atoms with van der Waals surface area (Å²) >= 11 is 6.13. The Morgan fingerprint density at radius 3 is 2.62 bits per heavy atom. The molecule has 0 spiro atoms. The Morgan fingerprint density at radius 2 is 1.90 bits per heavy atom. The van der Waals surface area contributed by atoms with Gasteiger partial charge in [0.1, 0.15) is 6.23 Å². The quantitative estimate of drug-likeness (QED) is 0.873. The Bertz CT molecular complexity index is 659. The number of rotatable bonds is 1. The number of hydrogen-bond acceptors (Lipinski definition) is 3. The first-order valence-corrected chi connectivity index (χ1v) is 6.85. The van der Waals surface area contributed by atoms with Crippen LogP contribution in [0, 0.1) is 0 Å². The van der Waals surface area contributed by atoms with Gasteiger partial charge in [0.05, 0.1) is 12.3 Å². The molecule has 0 radical (unpaired) electrons. The first-order valence-electron chi connectivity index (χ1n) is 6.47. The van der Waals surface area contributed by atoms with Crippen LogP contribution in [0.1, 0.15) is 11.1 Å². The van der Waals surface area contributed by atoms with Crippen molar-refractivity contribution in [1.82, 2.24) is 0 Å². The lowest BCUT2D eigenvalue weighted by atomic mass is 10.0. The molecule has 0 saturated carbocycles. The summed E-state index contributed by atoms with van der Waals surface area (Å²) in [4.78, 5) is 6.40. The van der Waals surface area contributed by atoms with Crippen molar-refractivity contribution in [3.8, 4) is 0 Å². The van der Waals surface area contributed by atoms with Crippen LogP contribution in [0.5, 0.6) is 0 Å². The number of anilines is 1. The van der Waals surface area contributed by atoms with Crippen molar-refractivity contribution in [3.05, 3.63) is 64.7 Å². The van der Waals surface area contributed by atoms with E-state index in [1.54, 1.807) is 0 Å². The second-order valence-electron chi connectivity index (χ2n) is 4.81. The maximum Gasteiger partial charge on any atom is 0.146 e. The third kappa shape index (κ3) is 3.05. The van der Waals surface area contributed by atoms with Crippen LogP contribution in [-0.4, -0.2) is 30.6 Å². The van der Waals surface area contributed by atoms with Gasteiger partial charge in [-0.3, -0.25) is 4.99 Å². The van der Waals surface area contributed by atoms with E-state index in [1.807, 2.05) is 60.5 Å². The van der Waals surface area contributed by atoms with Crippen molar-refractivity contribution >= 4 is 35.4 Å². The molecule has 1 aliphatic rings. The zero-order chi connectivity index (χ0) is 14.1. The van der Waals surface area contributed by atoms with Gasteiger partial charge in [-0.25, -0.2) is 0 Å². The molecule has 1 aliphatic heterocycles. The fourth-order valence-electron chi connectivity index (χ4n) is 2.39. The Kier molecular flexibility index (Phi) is 4.88. The van der Waals surface area contributed by atoms with Crippen LogP contribution >= 0.6 is 24.0 Å². The summed E-state index contributed by atoms with van der Waals surface area (Å²) in [5.41, 5.74) is 3.77. The molecule has 0 fully saturated rings. The van der Waals surface area contributed by atoms with E-state index in [2.05, 4.69) is 4.99 Å². The molecular weight excluding hydrogens is 307 g/mol. The Balaban J connectivity index is 0.00000161. The van der Waals surface area contributed by atoms with E-state index < -0.39 is 6.23 Å². The monoisotopic (exact) mass is 322 g/mol. The second-order valence-corrected chi connectivity index (χ2v) is 5.24. The number of aliphatic imine (C=N–C) groups is 1. The Morgan fingerprint density at radius 1 is 1.19 bits per heavy atom. The van der Waals surface area contributed by atoms with Gasteiger partial charge in [-0.15, -0.1) is 12.4 Å². The number of hydrogen-bond donors (Lipinski definition) is 1.